The molecule has 3 aromatic carbocycles. The van der Waals surface area contributed by atoms with Crippen molar-refractivity contribution in [1.29, 1.82) is 0 Å². The van der Waals surface area contributed by atoms with Gasteiger partial charge in [-0.2, -0.15) is 0 Å². The number of likely N-dealkylation sites (N-methyl/N-ethyl adjacent to an activating group) is 1. The summed E-state index contributed by atoms with van der Waals surface area (Å²) in [7, 11) is 1.67. The lowest BCUT2D eigenvalue weighted by atomic mass is 10.0. The summed E-state index contributed by atoms with van der Waals surface area (Å²) in [6.45, 7) is 1.16. The molecule has 0 unspecified atom stereocenters. The first-order valence-corrected chi connectivity index (χ1v) is 9.49. The van der Waals surface area contributed by atoms with E-state index in [1.54, 1.807) is 7.05 Å². The van der Waals surface area contributed by atoms with E-state index in [0.29, 0.717) is 19.6 Å². The lowest BCUT2D eigenvalue weighted by Crippen LogP contribution is -2.44. The number of rotatable bonds is 9. The second kappa shape index (κ2) is 10.3. The van der Waals surface area contributed by atoms with E-state index in [1.165, 1.54) is 0 Å². The minimum atomic E-state index is -0.276. The quantitative estimate of drug-likeness (QED) is 0.600. The van der Waals surface area contributed by atoms with E-state index in [-0.39, 0.29) is 11.9 Å². The van der Waals surface area contributed by atoms with E-state index in [4.69, 9.17) is 4.74 Å². The van der Waals surface area contributed by atoms with E-state index in [9.17, 15) is 4.79 Å². The average Bonchev–Trinajstić information content (AvgIpc) is 2.77. The van der Waals surface area contributed by atoms with E-state index >= 15 is 0 Å². The Balaban J connectivity index is 1.53. The maximum Gasteiger partial charge on any atom is 0.237 e. The van der Waals surface area contributed by atoms with Gasteiger partial charge in [-0.1, -0.05) is 72.8 Å². The van der Waals surface area contributed by atoms with Gasteiger partial charge >= 0.3 is 0 Å². The first-order valence-electron chi connectivity index (χ1n) is 9.49. The number of ether oxygens (including phenoxy) is 1. The molecule has 28 heavy (non-hydrogen) atoms. The predicted octanol–water partition coefficient (Wildman–Crippen LogP) is 3.71. The molecule has 0 aliphatic rings. The van der Waals surface area contributed by atoms with Crippen molar-refractivity contribution in [2.45, 2.75) is 25.6 Å². The molecule has 0 spiro atoms. The standard InChI is InChI=1S/C24H26N2O2/c1-25-24(27)23(16-19-8-4-2-5-9-19)26-17-20-12-14-22(15-13-20)28-18-21-10-6-3-7-11-21/h2-15,23,26H,16-18H2,1H3,(H,25,27)/t23-/m1/s1. The lowest BCUT2D eigenvalue weighted by Gasteiger charge is -2.17. The fourth-order valence-electron chi connectivity index (χ4n) is 2.97. The van der Waals surface area contributed by atoms with Crippen molar-refractivity contribution < 1.29 is 9.53 Å². The Kier molecular flexibility index (Phi) is 7.21. The van der Waals surface area contributed by atoms with Crippen molar-refractivity contribution >= 4 is 5.91 Å². The fraction of sp³-hybridized carbons (Fsp3) is 0.208. The highest BCUT2D eigenvalue weighted by atomic mass is 16.5. The van der Waals surface area contributed by atoms with Gasteiger partial charge < -0.3 is 15.4 Å². The molecule has 0 aliphatic carbocycles. The topological polar surface area (TPSA) is 50.4 Å². The van der Waals surface area contributed by atoms with E-state index in [0.717, 1.165) is 22.4 Å². The van der Waals surface area contributed by atoms with Gasteiger partial charge in [-0.25, -0.2) is 0 Å². The molecule has 0 saturated heterocycles. The minimum Gasteiger partial charge on any atom is -0.489 e. The number of hydrogen-bond donors (Lipinski definition) is 2. The smallest absolute Gasteiger partial charge is 0.237 e. The summed E-state index contributed by atoms with van der Waals surface area (Å²) >= 11 is 0. The summed E-state index contributed by atoms with van der Waals surface area (Å²) in [5.74, 6) is 0.825. The van der Waals surface area contributed by atoms with Crippen LogP contribution < -0.4 is 15.4 Å². The molecule has 144 valence electrons. The molecule has 0 radical (unpaired) electrons. The zero-order valence-electron chi connectivity index (χ0n) is 16.1. The van der Waals surface area contributed by atoms with Crippen LogP contribution in [0.3, 0.4) is 0 Å². The monoisotopic (exact) mass is 374 g/mol. The van der Waals surface area contributed by atoms with Crippen LogP contribution in [0.5, 0.6) is 5.75 Å². The number of hydrogen-bond acceptors (Lipinski definition) is 3. The van der Waals surface area contributed by atoms with Gasteiger partial charge in [0.2, 0.25) is 5.91 Å². The number of amides is 1. The molecule has 1 amide bonds. The maximum atomic E-state index is 12.2. The van der Waals surface area contributed by atoms with Crippen molar-refractivity contribution in [3.05, 3.63) is 102 Å². The molecular formula is C24H26N2O2. The Hall–Kier alpha value is -3.11. The Morgan fingerprint density at radius 3 is 2.04 bits per heavy atom. The Morgan fingerprint density at radius 2 is 1.43 bits per heavy atom. The minimum absolute atomic E-state index is 0.00772. The van der Waals surface area contributed by atoms with Crippen molar-refractivity contribution in [3.8, 4) is 5.75 Å². The van der Waals surface area contributed by atoms with Gasteiger partial charge in [0, 0.05) is 13.6 Å². The van der Waals surface area contributed by atoms with Gasteiger partial charge in [-0.3, -0.25) is 4.79 Å². The lowest BCUT2D eigenvalue weighted by molar-refractivity contribution is -0.122. The molecular weight excluding hydrogens is 348 g/mol. The van der Waals surface area contributed by atoms with Crippen LogP contribution in [-0.4, -0.2) is 19.0 Å². The van der Waals surface area contributed by atoms with Crippen molar-refractivity contribution in [3.63, 3.8) is 0 Å². The Labute approximate surface area is 166 Å². The zero-order valence-corrected chi connectivity index (χ0v) is 16.1. The highest BCUT2D eigenvalue weighted by Gasteiger charge is 2.17. The highest BCUT2D eigenvalue weighted by Crippen LogP contribution is 2.14. The molecule has 0 bridgehead atoms. The normalized spacial score (nSPS) is 11.6. The third kappa shape index (κ3) is 5.96. The molecule has 3 aromatic rings. The van der Waals surface area contributed by atoms with Crippen LogP contribution in [0.2, 0.25) is 0 Å². The zero-order chi connectivity index (χ0) is 19.6. The van der Waals surface area contributed by atoms with E-state index in [1.807, 2.05) is 84.9 Å². The van der Waals surface area contributed by atoms with Crippen LogP contribution in [-0.2, 0) is 24.4 Å². The summed E-state index contributed by atoms with van der Waals surface area (Å²) < 4.78 is 5.82. The molecule has 0 saturated carbocycles. The van der Waals surface area contributed by atoms with Gasteiger partial charge in [0.1, 0.15) is 12.4 Å². The van der Waals surface area contributed by atoms with Crippen molar-refractivity contribution in [1.82, 2.24) is 10.6 Å². The fourth-order valence-corrected chi connectivity index (χ4v) is 2.97. The molecule has 4 nitrogen and oxygen atoms in total. The summed E-state index contributed by atoms with van der Waals surface area (Å²) in [6, 6.07) is 27.8. The third-order valence-corrected chi connectivity index (χ3v) is 4.57. The van der Waals surface area contributed by atoms with Crippen LogP contribution >= 0.6 is 0 Å². The number of nitrogens with one attached hydrogen (secondary N) is 2. The molecule has 1 atom stereocenters. The van der Waals surface area contributed by atoms with E-state index < -0.39 is 0 Å². The van der Waals surface area contributed by atoms with Crippen LogP contribution in [0.15, 0.2) is 84.9 Å². The van der Waals surface area contributed by atoms with Crippen LogP contribution in [0.1, 0.15) is 16.7 Å². The summed E-state index contributed by atoms with van der Waals surface area (Å²) in [6.07, 6.45) is 0.652. The molecule has 0 heterocycles. The molecule has 2 N–H and O–H groups in total. The van der Waals surface area contributed by atoms with Gasteiger partial charge in [0.25, 0.3) is 0 Å². The molecule has 0 aliphatic heterocycles. The second-order valence-corrected chi connectivity index (χ2v) is 6.66. The van der Waals surface area contributed by atoms with Crippen LogP contribution in [0.25, 0.3) is 0 Å². The van der Waals surface area contributed by atoms with Gasteiger partial charge in [0.05, 0.1) is 6.04 Å². The second-order valence-electron chi connectivity index (χ2n) is 6.66. The van der Waals surface area contributed by atoms with Gasteiger partial charge in [0.15, 0.2) is 0 Å². The number of carbonyl (C=O) groups excluding carboxylic acids is 1. The molecule has 4 heteroatoms. The number of benzene rings is 3. The first-order chi connectivity index (χ1) is 13.7. The maximum absolute atomic E-state index is 12.2. The van der Waals surface area contributed by atoms with Crippen LogP contribution in [0.4, 0.5) is 0 Å². The number of carbonyl (C=O) groups is 1. The summed E-state index contributed by atoms with van der Waals surface area (Å²) in [5, 5.41) is 6.10. The molecule has 0 aromatic heterocycles. The average molecular weight is 374 g/mol. The van der Waals surface area contributed by atoms with Crippen LogP contribution in [0, 0.1) is 0 Å². The molecule has 0 fully saturated rings. The SMILES string of the molecule is CNC(=O)[C@@H](Cc1ccccc1)NCc1ccc(OCc2ccccc2)cc1. The summed E-state index contributed by atoms with van der Waals surface area (Å²) in [5.41, 5.74) is 3.38. The predicted molar refractivity (Wildman–Crippen MR) is 112 cm³/mol. The Bertz CT molecular complexity index is 849. The summed E-state index contributed by atoms with van der Waals surface area (Å²) in [4.78, 5) is 12.2. The third-order valence-electron chi connectivity index (χ3n) is 4.57. The molecule has 3 rings (SSSR count). The first kappa shape index (κ1) is 19.6. The van der Waals surface area contributed by atoms with Gasteiger partial charge in [-0.05, 0) is 35.2 Å². The van der Waals surface area contributed by atoms with Gasteiger partial charge in [-0.15, -0.1) is 0 Å². The Morgan fingerprint density at radius 1 is 0.821 bits per heavy atom. The van der Waals surface area contributed by atoms with Crippen molar-refractivity contribution in [2.75, 3.05) is 7.05 Å². The van der Waals surface area contributed by atoms with Crippen molar-refractivity contribution in [2.24, 2.45) is 0 Å². The largest absolute Gasteiger partial charge is 0.489 e. The van der Waals surface area contributed by atoms with E-state index in [2.05, 4.69) is 10.6 Å². The highest BCUT2D eigenvalue weighted by molar-refractivity contribution is 5.81.